The van der Waals surface area contributed by atoms with Crippen LogP contribution in [0.4, 0.5) is 0 Å². The van der Waals surface area contributed by atoms with Gasteiger partial charge >= 0.3 is 5.97 Å². The first kappa shape index (κ1) is 17.0. The molecular weight excluding hydrogens is 314 g/mol. The van der Waals surface area contributed by atoms with Crippen molar-refractivity contribution >= 4 is 29.1 Å². The van der Waals surface area contributed by atoms with Crippen molar-refractivity contribution in [1.29, 1.82) is 0 Å². The molecule has 0 amide bonds. The maximum atomic E-state index is 11.4. The number of thioether (sulfide) groups is 1. The second-order valence-corrected chi connectivity index (χ2v) is 7.47. The molecule has 1 aromatic carbocycles. The number of carbonyl (C=O) groups is 1. The molecule has 1 heterocycles. The molecule has 1 aromatic heterocycles. The largest absolute Gasteiger partial charge is 0.480 e. The van der Waals surface area contributed by atoms with Crippen molar-refractivity contribution in [2.24, 2.45) is 0 Å². The van der Waals surface area contributed by atoms with Crippen LogP contribution in [0.2, 0.25) is 0 Å². The van der Waals surface area contributed by atoms with Crippen LogP contribution in [0.1, 0.15) is 39.0 Å². The van der Waals surface area contributed by atoms with Gasteiger partial charge in [0.2, 0.25) is 0 Å². The van der Waals surface area contributed by atoms with Gasteiger partial charge in [0.05, 0.1) is 5.69 Å². The fourth-order valence-corrected chi connectivity index (χ4v) is 4.21. The minimum Gasteiger partial charge on any atom is -0.480 e. The first-order chi connectivity index (χ1) is 10.7. The number of benzene rings is 1. The summed E-state index contributed by atoms with van der Waals surface area (Å²) in [5, 5.41) is 11.0. The minimum atomic E-state index is -0.738. The zero-order valence-electron chi connectivity index (χ0n) is 12.7. The standard InChI is InChI=1S/C17H21NO2S2/c1-2-3-4-8-11-15(16(19)20)22-17-18-14(12-21-17)13-9-6-5-7-10-13/h5-7,9-10,12,15H,2-4,8,11H2,1H3,(H,19,20). The summed E-state index contributed by atoms with van der Waals surface area (Å²) in [4.78, 5) is 16.0. The van der Waals surface area contributed by atoms with Crippen molar-refractivity contribution in [3.05, 3.63) is 35.7 Å². The van der Waals surface area contributed by atoms with E-state index in [2.05, 4.69) is 11.9 Å². The smallest absolute Gasteiger partial charge is 0.317 e. The van der Waals surface area contributed by atoms with Gasteiger partial charge in [-0.25, -0.2) is 4.98 Å². The second-order valence-electron chi connectivity index (χ2n) is 5.16. The fraction of sp³-hybridized carbons (Fsp3) is 0.412. The van der Waals surface area contributed by atoms with Gasteiger partial charge in [0.15, 0.2) is 4.34 Å². The molecule has 0 aliphatic rings. The van der Waals surface area contributed by atoms with Crippen molar-refractivity contribution in [3.8, 4) is 11.3 Å². The normalized spacial score (nSPS) is 12.2. The molecule has 0 saturated carbocycles. The van der Waals surface area contributed by atoms with Crippen LogP contribution in [0.5, 0.6) is 0 Å². The fourth-order valence-electron chi connectivity index (χ4n) is 2.16. The first-order valence-electron chi connectivity index (χ1n) is 7.61. The van der Waals surface area contributed by atoms with Gasteiger partial charge in [0, 0.05) is 10.9 Å². The van der Waals surface area contributed by atoms with Crippen LogP contribution in [0.25, 0.3) is 11.3 Å². The predicted octanol–water partition coefficient (Wildman–Crippen LogP) is 5.33. The summed E-state index contributed by atoms with van der Waals surface area (Å²) in [6.45, 7) is 2.16. The van der Waals surface area contributed by atoms with Gasteiger partial charge in [0.25, 0.3) is 0 Å². The van der Waals surface area contributed by atoms with Crippen LogP contribution in [-0.2, 0) is 4.79 Å². The molecule has 0 aliphatic carbocycles. The number of carboxylic acids is 1. The number of carboxylic acid groups (broad SMARTS) is 1. The number of thiazole rings is 1. The topological polar surface area (TPSA) is 50.2 Å². The van der Waals surface area contributed by atoms with Crippen LogP contribution in [0.3, 0.4) is 0 Å². The maximum absolute atomic E-state index is 11.4. The van der Waals surface area contributed by atoms with Gasteiger partial charge in [0.1, 0.15) is 5.25 Å². The Kier molecular flexibility index (Phi) is 6.93. The van der Waals surface area contributed by atoms with Crippen molar-refractivity contribution in [3.63, 3.8) is 0 Å². The van der Waals surface area contributed by atoms with E-state index in [0.29, 0.717) is 6.42 Å². The summed E-state index contributed by atoms with van der Waals surface area (Å²) in [5.41, 5.74) is 1.99. The summed E-state index contributed by atoms with van der Waals surface area (Å²) < 4.78 is 0.835. The molecule has 2 rings (SSSR count). The van der Waals surface area contributed by atoms with Crippen LogP contribution in [0.15, 0.2) is 40.1 Å². The van der Waals surface area contributed by atoms with Crippen LogP contribution in [0, 0.1) is 0 Å². The highest BCUT2D eigenvalue weighted by molar-refractivity contribution is 8.02. The average Bonchev–Trinajstić information content (AvgIpc) is 2.99. The molecule has 3 nitrogen and oxygen atoms in total. The van der Waals surface area contributed by atoms with Crippen LogP contribution >= 0.6 is 23.1 Å². The van der Waals surface area contributed by atoms with Gasteiger partial charge < -0.3 is 5.11 Å². The van der Waals surface area contributed by atoms with Crippen molar-refractivity contribution in [1.82, 2.24) is 4.98 Å². The molecule has 1 unspecified atom stereocenters. The van der Waals surface area contributed by atoms with E-state index in [1.54, 1.807) is 0 Å². The third kappa shape index (κ3) is 5.14. The quantitative estimate of drug-likeness (QED) is 0.497. The highest BCUT2D eigenvalue weighted by atomic mass is 32.2. The molecule has 0 radical (unpaired) electrons. The highest BCUT2D eigenvalue weighted by Crippen LogP contribution is 2.32. The van der Waals surface area contributed by atoms with E-state index in [9.17, 15) is 9.90 Å². The Bertz CT molecular complexity index is 583. The average molecular weight is 335 g/mol. The van der Waals surface area contributed by atoms with E-state index in [4.69, 9.17) is 0 Å². The van der Waals surface area contributed by atoms with E-state index < -0.39 is 11.2 Å². The Morgan fingerprint density at radius 3 is 2.73 bits per heavy atom. The minimum absolute atomic E-state index is 0.397. The maximum Gasteiger partial charge on any atom is 0.317 e. The number of rotatable bonds is 9. The summed E-state index contributed by atoms with van der Waals surface area (Å²) in [5.74, 6) is -0.738. The molecule has 22 heavy (non-hydrogen) atoms. The zero-order chi connectivity index (χ0) is 15.8. The van der Waals surface area contributed by atoms with E-state index in [0.717, 1.165) is 34.9 Å². The van der Waals surface area contributed by atoms with E-state index in [1.165, 1.54) is 29.5 Å². The predicted molar refractivity (Wildman–Crippen MR) is 93.6 cm³/mol. The molecule has 118 valence electrons. The summed E-state index contributed by atoms with van der Waals surface area (Å²) in [7, 11) is 0. The molecule has 0 bridgehead atoms. The lowest BCUT2D eigenvalue weighted by Crippen LogP contribution is -2.16. The monoisotopic (exact) mass is 335 g/mol. The van der Waals surface area contributed by atoms with Crippen molar-refractivity contribution in [2.75, 3.05) is 0 Å². The highest BCUT2D eigenvalue weighted by Gasteiger charge is 2.20. The Hall–Kier alpha value is -1.33. The Morgan fingerprint density at radius 1 is 1.27 bits per heavy atom. The Balaban J connectivity index is 1.96. The molecule has 5 heteroatoms. The van der Waals surface area contributed by atoms with Gasteiger partial charge in [-0.2, -0.15) is 0 Å². The Labute approximate surface area is 139 Å². The summed E-state index contributed by atoms with van der Waals surface area (Å²) >= 11 is 2.90. The first-order valence-corrected chi connectivity index (χ1v) is 9.37. The van der Waals surface area contributed by atoms with Crippen LogP contribution in [-0.4, -0.2) is 21.3 Å². The molecule has 1 atom stereocenters. The van der Waals surface area contributed by atoms with E-state index in [-0.39, 0.29) is 0 Å². The van der Waals surface area contributed by atoms with E-state index >= 15 is 0 Å². The van der Waals surface area contributed by atoms with Crippen molar-refractivity contribution < 1.29 is 9.90 Å². The van der Waals surface area contributed by atoms with Crippen molar-refractivity contribution in [2.45, 2.75) is 48.6 Å². The van der Waals surface area contributed by atoms with E-state index in [1.807, 2.05) is 35.7 Å². The van der Waals surface area contributed by atoms with Gasteiger partial charge in [-0.1, -0.05) is 74.7 Å². The number of hydrogen-bond acceptors (Lipinski definition) is 4. The lowest BCUT2D eigenvalue weighted by Gasteiger charge is -2.09. The molecule has 0 aliphatic heterocycles. The van der Waals surface area contributed by atoms with Gasteiger partial charge in [-0.3, -0.25) is 4.79 Å². The molecule has 2 aromatic rings. The Morgan fingerprint density at radius 2 is 2.05 bits per heavy atom. The molecule has 0 fully saturated rings. The molecule has 0 saturated heterocycles. The zero-order valence-corrected chi connectivity index (χ0v) is 14.3. The van der Waals surface area contributed by atoms with Crippen LogP contribution < -0.4 is 0 Å². The third-order valence-corrected chi connectivity index (χ3v) is 5.62. The molecule has 0 spiro atoms. The molecular formula is C17H21NO2S2. The van der Waals surface area contributed by atoms with Gasteiger partial charge in [-0.15, -0.1) is 11.3 Å². The number of aliphatic carboxylic acids is 1. The number of nitrogens with zero attached hydrogens (tertiary/aromatic N) is 1. The number of hydrogen-bond donors (Lipinski definition) is 1. The third-order valence-electron chi connectivity index (χ3n) is 3.39. The number of unbranched alkanes of at least 4 members (excludes halogenated alkanes) is 3. The lowest BCUT2D eigenvalue weighted by atomic mass is 10.1. The van der Waals surface area contributed by atoms with Gasteiger partial charge in [-0.05, 0) is 6.42 Å². The summed E-state index contributed by atoms with van der Waals surface area (Å²) in [6, 6.07) is 9.97. The summed E-state index contributed by atoms with van der Waals surface area (Å²) in [6.07, 6.45) is 5.12. The number of aromatic nitrogens is 1. The second kappa shape index (κ2) is 8.96. The SMILES string of the molecule is CCCCCCC(Sc1nc(-c2ccccc2)cs1)C(=O)O. The molecule has 1 N–H and O–H groups in total. The lowest BCUT2D eigenvalue weighted by molar-refractivity contribution is -0.136.